The van der Waals surface area contributed by atoms with E-state index in [0.717, 1.165) is 0 Å². The molecule has 0 aromatic heterocycles. The van der Waals surface area contributed by atoms with Crippen LogP contribution in [0, 0.1) is 16.2 Å². The van der Waals surface area contributed by atoms with Crippen LogP contribution in [0.3, 0.4) is 0 Å². The van der Waals surface area contributed by atoms with Crippen LogP contribution in [0.25, 0.3) is 0 Å². The highest BCUT2D eigenvalue weighted by Gasteiger charge is 2.51. The SMILES string of the molecule is CC(C)(C)C1=C(C(=O)O)NC(C(=O)O)=CC1(CBr)C(C)(C)C. The molecule has 0 saturated heterocycles. The van der Waals surface area contributed by atoms with Gasteiger partial charge in [-0.1, -0.05) is 57.5 Å². The van der Waals surface area contributed by atoms with Gasteiger partial charge in [-0.05, 0) is 22.5 Å². The molecule has 1 rings (SSSR count). The van der Waals surface area contributed by atoms with Crippen LogP contribution in [0.1, 0.15) is 41.5 Å². The van der Waals surface area contributed by atoms with Crippen LogP contribution in [0.2, 0.25) is 0 Å². The molecule has 124 valence electrons. The first-order chi connectivity index (χ1) is 9.78. The summed E-state index contributed by atoms with van der Waals surface area (Å²) in [6.07, 6.45) is 1.65. The number of aliphatic carboxylic acids is 2. The van der Waals surface area contributed by atoms with Gasteiger partial charge in [-0.25, -0.2) is 9.59 Å². The minimum absolute atomic E-state index is 0.0400. The van der Waals surface area contributed by atoms with Crippen molar-refractivity contribution in [1.29, 1.82) is 0 Å². The third kappa shape index (κ3) is 3.07. The van der Waals surface area contributed by atoms with Gasteiger partial charge >= 0.3 is 11.9 Å². The molecule has 3 N–H and O–H groups in total. The second-order valence-electron chi connectivity index (χ2n) is 7.65. The van der Waals surface area contributed by atoms with E-state index in [-0.39, 0.29) is 16.8 Å². The summed E-state index contributed by atoms with van der Waals surface area (Å²) in [6, 6.07) is 0. The fourth-order valence-corrected chi connectivity index (χ4v) is 4.28. The second kappa shape index (κ2) is 5.72. The molecule has 1 aliphatic rings. The molecule has 0 saturated carbocycles. The van der Waals surface area contributed by atoms with Crippen LogP contribution < -0.4 is 5.32 Å². The molecule has 0 fully saturated rings. The highest BCUT2D eigenvalue weighted by atomic mass is 79.9. The molecule has 0 aromatic rings. The van der Waals surface area contributed by atoms with Gasteiger partial charge in [0, 0.05) is 10.7 Å². The van der Waals surface area contributed by atoms with Crippen molar-refractivity contribution in [1.82, 2.24) is 5.32 Å². The number of dihydropyridines is 1. The van der Waals surface area contributed by atoms with E-state index in [9.17, 15) is 19.8 Å². The molecule has 22 heavy (non-hydrogen) atoms. The van der Waals surface area contributed by atoms with Gasteiger partial charge in [-0.2, -0.15) is 0 Å². The first-order valence-corrected chi connectivity index (χ1v) is 8.18. The Labute approximate surface area is 139 Å². The smallest absolute Gasteiger partial charge is 0.352 e. The van der Waals surface area contributed by atoms with Crippen LogP contribution in [0.15, 0.2) is 23.0 Å². The number of carboxylic acids is 2. The van der Waals surface area contributed by atoms with E-state index >= 15 is 0 Å². The highest BCUT2D eigenvalue weighted by Crippen LogP contribution is 2.55. The summed E-state index contributed by atoms with van der Waals surface area (Å²) in [5.74, 6) is -2.31. The zero-order valence-electron chi connectivity index (χ0n) is 13.9. The van der Waals surface area contributed by atoms with E-state index in [4.69, 9.17) is 0 Å². The van der Waals surface area contributed by atoms with Crippen molar-refractivity contribution in [2.24, 2.45) is 16.2 Å². The molecule has 1 atom stereocenters. The maximum atomic E-state index is 11.8. The Bertz CT molecular complexity index is 564. The number of nitrogens with one attached hydrogen (secondary N) is 1. The van der Waals surface area contributed by atoms with Crippen LogP contribution in [-0.2, 0) is 9.59 Å². The fourth-order valence-electron chi connectivity index (χ4n) is 2.99. The van der Waals surface area contributed by atoms with Gasteiger partial charge in [-0.3, -0.25) is 0 Å². The monoisotopic (exact) mass is 373 g/mol. The summed E-state index contributed by atoms with van der Waals surface area (Å²) < 4.78 is 0. The number of alkyl halides is 1. The van der Waals surface area contributed by atoms with E-state index in [0.29, 0.717) is 10.9 Å². The van der Waals surface area contributed by atoms with E-state index < -0.39 is 22.8 Å². The van der Waals surface area contributed by atoms with Crippen molar-refractivity contribution in [2.75, 3.05) is 5.33 Å². The third-order valence-electron chi connectivity index (χ3n) is 4.09. The summed E-state index contributed by atoms with van der Waals surface area (Å²) in [7, 11) is 0. The molecule has 0 bridgehead atoms. The maximum absolute atomic E-state index is 11.8. The highest BCUT2D eigenvalue weighted by molar-refractivity contribution is 9.09. The Morgan fingerprint density at radius 2 is 1.64 bits per heavy atom. The summed E-state index contributed by atoms with van der Waals surface area (Å²) >= 11 is 3.50. The molecule has 0 aliphatic carbocycles. The first kappa shape index (κ1) is 18.7. The lowest BCUT2D eigenvalue weighted by molar-refractivity contribution is -0.134. The van der Waals surface area contributed by atoms with Crippen LogP contribution in [0.5, 0.6) is 0 Å². The topological polar surface area (TPSA) is 86.6 Å². The fraction of sp³-hybridized carbons (Fsp3) is 0.625. The number of hydrogen-bond acceptors (Lipinski definition) is 3. The van der Waals surface area contributed by atoms with E-state index in [1.165, 1.54) is 0 Å². The van der Waals surface area contributed by atoms with Gasteiger partial charge in [-0.15, -0.1) is 0 Å². The minimum Gasteiger partial charge on any atom is -0.477 e. The molecule has 1 unspecified atom stereocenters. The molecule has 0 amide bonds. The van der Waals surface area contributed by atoms with Crippen LogP contribution >= 0.6 is 15.9 Å². The Morgan fingerprint density at radius 3 is 1.91 bits per heavy atom. The van der Waals surface area contributed by atoms with Crippen LogP contribution in [0.4, 0.5) is 0 Å². The number of halogens is 1. The standard InChI is InChI=1S/C16H24BrNO4/c1-14(2,3)11-10(13(21)22)18-9(12(19)20)7-16(11,8-17)15(4,5)6/h7,18H,8H2,1-6H3,(H,19,20)(H,21,22). The lowest BCUT2D eigenvalue weighted by Gasteiger charge is -2.50. The number of rotatable bonds is 3. The van der Waals surface area contributed by atoms with Gasteiger partial charge in [0.2, 0.25) is 0 Å². The molecular weight excluding hydrogens is 350 g/mol. The first-order valence-electron chi connectivity index (χ1n) is 7.05. The van der Waals surface area contributed by atoms with Gasteiger partial charge in [0.1, 0.15) is 11.4 Å². The second-order valence-corrected chi connectivity index (χ2v) is 8.21. The lowest BCUT2D eigenvalue weighted by atomic mass is 9.56. The largest absolute Gasteiger partial charge is 0.477 e. The van der Waals surface area contributed by atoms with Crippen LogP contribution in [-0.4, -0.2) is 27.5 Å². The van der Waals surface area contributed by atoms with E-state index in [1.54, 1.807) is 6.08 Å². The number of carboxylic acid groups (broad SMARTS) is 2. The minimum atomic E-state index is -1.17. The average Bonchev–Trinajstić information content (AvgIpc) is 2.34. The molecule has 5 nitrogen and oxygen atoms in total. The van der Waals surface area contributed by atoms with Crippen molar-refractivity contribution in [3.8, 4) is 0 Å². The molecule has 1 heterocycles. The van der Waals surface area contributed by atoms with Crippen molar-refractivity contribution in [3.63, 3.8) is 0 Å². The Balaban J connectivity index is 3.86. The zero-order chi connectivity index (χ0) is 17.5. The van der Waals surface area contributed by atoms with Gasteiger partial charge < -0.3 is 15.5 Å². The van der Waals surface area contributed by atoms with Crippen molar-refractivity contribution in [2.45, 2.75) is 41.5 Å². The summed E-state index contributed by atoms with van der Waals surface area (Å²) in [6.45, 7) is 11.8. The Hall–Kier alpha value is -1.30. The van der Waals surface area contributed by atoms with Crippen molar-refractivity contribution < 1.29 is 19.8 Å². The molecular formula is C16H24BrNO4. The van der Waals surface area contributed by atoms with E-state index in [2.05, 4.69) is 21.2 Å². The maximum Gasteiger partial charge on any atom is 0.352 e. The number of carbonyl (C=O) groups is 2. The third-order valence-corrected chi connectivity index (χ3v) is 4.97. The number of allylic oxidation sites excluding steroid dienone is 2. The Kier molecular flexibility index (Phi) is 4.88. The lowest BCUT2D eigenvalue weighted by Crippen LogP contribution is -2.48. The average molecular weight is 374 g/mol. The number of hydrogen-bond donors (Lipinski definition) is 3. The van der Waals surface area contributed by atoms with Crippen molar-refractivity contribution in [3.05, 3.63) is 23.0 Å². The normalized spacial score (nSPS) is 23.0. The summed E-state index contributed by atoms with van der Waals surface area (Å²) in [4.78, 5) is 23.2. The van der Waals surface area contributed by atoms with Gasteiger partial charge in [0.25, 0.3) is 0 Å². The van der Waals surface area contributed by atoms with Gasteiger partial charge in [0.05, 0.1) is 0 Å². The molecule has 0 radical (unpaired) electrons. The Morgan fingerprint density at radius 1 is 1.14 bits per heavy atom. The summed E-state index contributed by atoms with van der Waals surface area (Å²) in [5, 5.41) is 22.0. The van der Waals surface area contributed by atoms with E-state index in [1.807, 2.05) is 41.5 Å². The van der Waals surface area contributed by atoms with Crippen molar-refractivity contribution >= 4 is 27.9 Å². The quantitative estimate of drug-likeness (QED) is 0.660. The van der Waals surface area contributed by atoms with Gasteiger partial charge in [0.15, 0.2) is 0 Å². The summed E-state index contributed by atoms with van der Waals surface area (Å²) in [5.41, 5.74) is -0.980. The molecule has 0 spiro atoms. The molecule has 1 aliphatic heterocycles. The molecule has 6 heteroatoms. The predicted molar refractivity (Wildman–Crippen MR) is 88.7 cm³/mol. The molecule has 0 aromatic carbocycles. The predicted octanol–water partition coefficient (Wildman–Crippen LogP) is 3.37. The zero-order valence-corrected chi connectivity index (χ0v) is 15.5.